The zero-order chi connectivity index (χ0) is 25.0. The zero-order valence-corrected chi connectivity index (χ0v) is 22.4. The van der Waals surface area contributed by atoms with Gasteiger partial charge in [0.15, 0.2) is 0 Å². The number of hydrogen-bond acceptors (Lipinski definition) is 6. The molecule has 2 aromatic rings. The molecule has 0 aliphatic heterocycles. The molecule has 0 bridgehead atoms. The third-order valence-corrected chi connectivity index (χ3v) is 2.50. The van der Waals surface area contributed by atoms with E-state index in [1.807, 2.05) is 62.3 Å². The maximum Gasteiger partial charge on any atom is 0.451 e. The quantitative estimate of drug-likeness (QED) is 0.410. The molecule has 0 radical (unpaired) electrons. The van der Waals surface area contributed by atoms with Crippen LogP contribution in [0.4, 0.5) is 0 Å². The van der Waals surface area contributed by atoms with Crippen LogP contribution in [0.5, 0.6) is 0 Å². The van der Waals surface area contributed by atoms with E-state index < -0.39 is 7.12 Å². The van der Waals surface area contributed by atoms with Gasteiger partial charge in [-0.05, 0) is 12.7 Å². The summed E-state index contributed by atoms with van der Waals surface area (Å²) in [6.45, 7) is 19.7. The van der Waals surface area contributed by atoms with Crippen molar-refractivity contribution in [2.24, 2.45) is 0 Å². The Morgan fingerprint density at radius 3 is 1.13 bits per heavy atom. The second-order valence-corrected chi connectivity index (χ2v) is 4.90. The predicted octanol–water partition coefficient (Wildman–Crippen LogP) is 7.70. The third kappa shape index (κ3) is 40.0. The lowest BCUT2D eigenvalue weighted by Crippen LogP contribution is -2.06. The van der Waals surface area contributed by atoms with Crippen molar-refractivity contribution in [2.45, 2.75) is 89.4 Å². The van der Waals surface area contributed by atoms with Crippen molar-refractivity contribution in [1.82, 2.24) is 19.9 Å². The first-order valence-electron chi connectivity index (χ1n) is 10.3. The van der Waals surface area contributed by atoms with Gasteiger partial charge < -0.3 is 10.0 Å². The molecule has 0 atom stereocenters. The van der Waals surface area contributed by atoms with Gasteiger partial charge in [-0.1, -0.05) is 111 Å². The van der Waals surface area contributed by atoms with Crippen molar-refractivity contribution in [2.75, 3.05) is 0 Å². The van der Waals surface area contributed by atoms with Gasteiger partial charge >= 0.3 is 7.12 Å². The summed E-state index contributed by atoms with van der Waals surface area (Å²) >= 11 is 16.3. The van der Waals surface area contributed by atoms with E-state index in [-0.39, 0.29) is 7.43 Å². The molecule has 184 valence electrons. The van der Waals surface area contributed by atoms with Gasteiger partial charge in [0.2, 0.25) is 0 Å². The third-order valence-electron chi connectivity index (χ3n) is 1.96. The number of aryl methyl sites for hydroxylation is 1. The largest absolute Gasteiger partial charge is 0.451 e. The molecule has 31 heavy (non-hydrogen) atoms. The number of hydrogen-bond donors (Lipinski definition) is 2. The van der Waals surface area contributed by atoms with E-state index in [0.29, 0.717) is 21.8 Å². The number of aromatic nitrogens is 4. The molecule has 10 heteroatoms. The van der Waals surface area contributed by atoms with E-state index in [1.165, 1.54) is 18.6 Å². The van der Waals surface area contributed by atoms with Gasteiger partial charge in [-0.25, -0.2) is 9.97 Å². The molecule has 2 aromatic heterocycles. The highest BCUT2D eigenvalue weighted by molar-refractivity contribution is 6.40. The Balaban J connectivity index is -0.0000000655. The van der Waals surface area contributed by atoms with Gasteiger partial charge in [-0.15, -0.1) is 0 Å². The van der Waals surface area contributed by atoms with Crippen molar-refractivity contribution >= 4 is 41.9 Å². The van der Waals surface area contributed by atoms with Crippen molar-refractivity contribution in [3.8, 4) is 0 Å². The summed E-state index contributed by atoms with van der Waals surface area (Å²) in [6.07, 6.45) is 7.39. The van der Waals surface area contributed by atoms with Crippen LogP contribution < -0.4 is 0 Å². The molecule has 0 aliphatic rings. The Morgan fingerprint density at radius 2 is 0.968 bits per heavy atom. The molecule has 0 fully saturated rings. The smallest absolute Gasteiger partial charge is 0.427 e. The minimum atomic E-state index is -1.12. The van der Waals surface area contributed by atoms with Gasteiger partial charge in [0.05, 0.1) is 24.3 Å². The van der Waals surface area contributed by atoms with Crippen molar-refractivity contribution in [3.05, 3.63) is 45.9 Å². The van der Waals surface area contributed by atoms with E-state index >= 15 is 0 Å². The van der Waals surface area contributed by atoms with Crippen LogP contribution in [0.3, 0.4) is 0 Å². The molecule has 2 heterocycles. The average Bonchev–Trinajstić information content (AvgIpc) is 2.80. The van der Waals surface area contributed by atoms with E-state index in [1.54, 1.807) is 13.1 Å². The fourth-order valence-corrected chi connectivity index (χ4v) is 1.37. The Bertz CT molecular complexity index is 538. The molecule has 2 N–H and O–H groups in total. The van der Waals surface area contributed by atoms with Crippen molar-refractivity contribution in [1.29, 1.82) is 0 Å². The highest BCUT2D eigenvalue weighted by atomic mass is 35.5. The van der Waals surface area contributed by atoms with Crippen LogP contribution >= 0.6 is 34.8 Å². The Labute approximate surface area is 207 Å². The SMILES string of the molecule is C.CC.CC.CC.CC.CCB(O)O.CCc1cncc(Cl)n1.Clc1cncc(Cl)n1. The fourth-order valence-electron chi connectivity index (χ4n) is 0.870. The lowest BCUT2D eigenvalue weighted by molar-refractivity contribution is 0.408. The van der Waals surface area contributed by atoms with Crippen LogP contribution in [-0.4, -0.2) is 37.1 Å². The Hall–Kier alpha value is -0.985. The second-order valence-electron chi connectivity index (χ2n) is 3.74. The van der Waals surface area contributed by atoms with Gasteiger partial charge in [-0.3, -0.25) is 9.97 Å². The first kappa shape index (κ1) is 43.8. The summed E-state index contributed by atoms with van der Waals surface area (Å²) in [5.74, 6) is 0. The zero-order valence-electron chi connectivity index (χ0n) is 20.1. The van der Waals surface area contributed by atoms with Crippen molar-refractivity contribution < 1.29 is 10.0 Å². The molecule has 0 saturated carbocycles. The summed E-state index contributed by atoms with van der Waals surface area (Å²) in [6, 6.07) is 0. The molecule has 0 aliphatic carbocycles. The lowest BCUT2D eigenvalue weighted by Gasteiger charge is -1.92. The highest BCUT2D eigenvalue weighted by Gasteiger charge is 1.96. The number of halogens is 3. The molecule has 0 saturated heterocycles. The molecular weight excluding hydrogens is 457 g/mol. The average molecular weight is 502 g/mol. The Kier molecular flexibility index (Phi) is 55.8. The topological polar surface area (TPSA) is 92.0 Å². The number of nitrogens with zero attached hydrogens (tertiary/aromatic N) is 4. The van der Waals surface area contributed by atoms with Gasteiger partial charge in [-0.2, -0.15) is 0 Å². The Morgan fingerprint density at radius 1 is 0.677 bits per heavy atom. The summed E-state index contributed by atoms with van der Waals surface area (Å²) in [7, 11) is -1.12. The lowest BCUT2D eigenvalue weighted by atomic mass is 9.88. The summed E-state index contributed by atoms with van der Waals surface area (Å²) in [5.41, 5.74) is 0.933. The van der Waals surface area contributed by atoms with E-state index in [9.17, 15) is 0 Å². The maximum absolute atomic E-state index is 7.92. The molecule has 2 rings (SSSR count). The fraction of sp³-hybridized carbons (Fsp3) is 0.619. The van der Waals surface area contributed by atoms with Crippen LogP contribution in [-0.2, 0) is 6.42 Å². The molecule has 0 aromatic carbocycles. The van der Waals surface area contributed by atoms with Crippen LogP contribution in [0.1, 0.15) is 82.4 Å². The standard InChI is InChI=1S/C6H7ClN2.C4H2Cl2N2.C2H7BO2.4C2H6.CH4/c1-2-5-3-8-4-6(7)9-5;5-3-1-7-2-4(6)8-3;1-2-3(4)5;4*1-2;/h3-4H,2H2,1H3;1-2H;4-5H,2H2,1H3;4*1-2H3;1H4. The predicted molar refractivity (Wildman–Crippen MR) is 141 cm³/mol. The number of rotatable bonds is 2. The summed E-state index contributed by atoms with van der Waals surface area (Å²) < 4.78 is 0. The summed E-state index contributed by atoms with van der Waals surface area (Å²) in [5, 5.41) is 16.9. The maximum atomic E-state index is 7.92. The van der Waals surface area contributed by atoms with Gasteiger partial charge in [0.25, 0.3) is 0 Å². The van der Waals surface area contributed by atoms with E-state index in [4.69, 9.17) is 44.9 Å². The first-order valence-corrected chi connectivity index (χ1v) is 11.5. The van der Waals surface area contributed by atoms with Crippen LogP contribution in [0, 0.1) is 0 Å². The minimum absolute atomic E-state index is 0. The van der Waals surface area contributed by atoms with E-state index in [0.717, 1.165) is 12.1 Å². The highest BCUT2D eigenvalue weighted by Crippen LogP contribution is 2.05. The van der Waals surface area contributed by atoms with Gasteiger partial charge in [0, 0.05) is 6.20 Å². The van der Waals surface area contributed by atoms with Gasteiger partial charge in [0.1, 0.15) is 15.5 Å². The minimum Gasteiger partial charge on any atom is -0.427 e. The monoisotopic (exact) mass is 500 g/mol. The molecular formula is C21H44BCl3N4O2. The molecule has 6 nitrogen and oxygen atoms in total. The van der Waals surface area contributed by atoms with Crippen molar-refractivity contribution in [3.63, 3.8) is 0 Å². The molecule has 0 spiro atoms. The normalized spacial score (nSPS) is 7.19. The van der Waals surface area contributed by atoms with Crippen LogP contribution in [0.2, 0.25) is 21.8 Å². The molecule has 0 amide bonds. The molecule has 0 unspecified atom stereocenters. The summed E-state index contributed by atoms with van der Waals surface area (Å²) in [4.78, 5) is 15.2. The van der Waals surface area contributed by atoms with Crippen LogP contribution in [0.15, 0.2) is 24.8 Å². The second kappa shape index (κ2) is 39.5. The first-order chi connectivity index (χ1) is 14.4. The van der Waals surface area contributed by atoms with Crippen LogP contribution in [0.25, 0.3) is 0 Å². The van der Waals surface area contributed by atoms with E-state index in [2.05, 4.69) is 19.9 Å².